The van der Waals surface area contributed by atoms with Crippen molar-refractivity contribution >= 4 is 34.8 Å². The van der Waals surface area contributed by atoms with E-state index in [0.717, 1.165) is 21.8 Å². The van der Waals surface area contributed by atoms with Crippen LogP contribution in [-0.2, 0) is 11.3 Å². The normalized spacial score (nSPS) is 10.7. The highest BCUT2D eigenvalue weighted by Crippen LogP contribution is 2.28. The number of carbonyl (C=O) groups is 2. The van der Waals surface area contributed by atoms with Gasteiger partial charge in [-0.1, -0.05) is 48.0 Å². The minimum Gasteiger partial charge on any atom is -0.343 e. The van der Waals surface area contributed by atoms with E-state index in [0.29, 0.717) is 17.1 Å². The van der Waals surface area contributed by atoms with Crippen molar-refractivity contribution in [3.05, 3.63) is 94.5 Å². The second kappa shape index (κ2) is 9.80. The Morgan fingerprint density at radius 2 is 1.81 bits per heavy atom. The Kier molecular flexibility index (Phi) is 6.68. The minimum atomic E-state index is -0.381. The highest BCUT2D eigenvalue weighted by atomic mass is 35.5. The summed E-state index contributed by atoms with van der Waals surface area (Å²) in [6, 6.07) is 20.6. The van der Waals surface area contributed by atoms with Crippen molar-refractivity contribution in [3.8, 4) is 16.3 Å². The molecule has 0 radical (unpaired) electrons. The molecule has 2 heterocycles. The molecule has 4 aromatic rings. The van der Waals surface area contributed by atoms with Crippen LogP contribution in [0.5, 0.6) is 0 Å². The number of amides is 2. The summed E-state index contributed by atoms with van der Waals surface area (Å²) in [5, 5.41) is 9.76. The predicted molar refractivity (Wildman–Crippen MR) is 127 cm³/mol. The van der Waals surface area contributed by atoms with Gasteiger partial charge >= 0.3 is 0 Å². The molecular weight excluding hydrogens is 444 g/mol. The molecule has 0 aliphatic heterocycles. The molecule has 162 valence electrons. The van der Waals surface area contributed by atoms with Crippen LogP contribution in [0.25, 0.3) is 16.3 Å². The van der Waals surface area contributed by atoms with Crippen LogP contribution in [0.2, 0.25) is 5.02 Å². The second-order valence-corrected chi connectivity index (χ2v) is 8.53. The van der Waals surface area contributed by atoms with Gasteiger partial charge in [-0.15, -0.1) is 11.3 Å². The largest absolute Gasteiger partial charge is 0.343 e. The summed E-state index contributed by atoms with van der Waals surface area (Å²) < 4.78 is 1.82. The van der Waals surface area contributed by atoms with Gasteiger partial charge in [0, 0.05) is 25.4 Å². The summed E-state index contributed by atoms with van der Waals surface area (Å²) in [4.78, 5) is 27.6. The molecule has 32 heavy (non-hydrogen) atoms. The highest BCUT2D eigenvalue weighted by Gasteiger charge is 2.18. The number of likely N-dealkylation sites (N-methyl/N-ethyl adjacent to an activating group) is 1. The minimum absolute atomic E-state index is 0.123. The molecule has 0 bridgehead atoms. The number of para-hydroxylation sites is 1. The molecule has 4 rings (SSSR count). The van der Waals surface area contributed by atoms with Crippen molar-refractivity contribution < 1.29 is 9.59 Å². The van der Waals surface area contributed by atoms with E-state index in [1.807, 2.05) is 58.7 Å². The van der Waals surface area contributed by atoms with Gasteiger partial charge in [0.05, 0.1) is 27.7 Å². The van der Waals surface area contributed by atoms with Crippen molar-refractivity contribution in [1.82, 2.24) is 20.0 Å². The molecule has 0 spiro atoms. The first-order valence-corrected chi connectivity index (χ1v) is 11.2. The third kappa shape index (κ3) is 4.90. The quantitative estimate of drug-likeness (QED) is 0.433. The van der Waals surface area contributed by atoms with Gasteiger partial charge in [0.25, 0.3) is 5.91 Å². The number of thiophene rings is 1. The zero-order valence-electron chi connectivity index (χ0n) is 17.4. The highest BCUT2D eigenvalue weighted by molar-refractivity contribution is 7.13. The molecule has 2 aromatic heterocycles. The monoisotopic (exact) mass is 464 g/mol. The van der Waals surface area contributed by atoms with E-state index in [4.69, 9.17) is 16.7 Å². The molecule has 6 nitrogen and oxygen atoms in total. The van der Waals surface area contributed by atoms with E-state index in [9.17, 15) is 9.59 Å². The Hall–Kier alpha value is -3.42. The molecule has 0 aliphatic carbocycles. The van der Waals surface area contributed by atoms with E-state index < -0.39 is 0 Å². The van der Waals surface area contributed by atoms with Gasteiger partial charge in [0.15, 0.2) is 0 Å². The molecule has 2 aromatic carbocycles. The maximum Gasteiger partial charge on any atom is 0.253 e. The van der Waals surface area contributed by atoms with Crippen LogP contribution in [0.15, 0.2) is 78.3 Å². The fourth-order valence-corrected chi connectivity index (χ4v) is 4.20. The zero-order valence-corrected chi connectivity index (χ0v) is 18.9. The van der Waals surface area contributed by atoms with Gasteiger partial charge in [-0.2, -0.15) is 5.10 Å². The number of halogens is 1. The molecule has 2 amide bonds. The summed E-state index contributed by atoms with van der Waals surface area (Å²) in [5.41, 5.74) is 3.04. The van der Waals surface area contributed by atoms with E-state index in [2.05, 4.69) is 5.32 Å². The third-order valence-electron chi connectivity index (χ3n) is 4.92. The number of rotatable bonds is 7. The van der Waals surface area contributed by atoms with E-state index >= 15 is 0 Å². The lowest BCUT2D eigenvalue weighted by Gasteiger charge is -2.17. The number of aromatic nitrogens is 2. The number of hydrogen-bond donors (Lipinski definition) is 1. The topological polar surface area (TPSA) is 67.2 Å². The lowest BCUT2D eigenvalue weighted by atomic mass is 10.2. The maximum atomic E-state index is 12.7. The molecular formula is C24H21ClN4O2S. The molecule has 0 saturated heterocycles. The first-order chi connectivity index (χ1) is 15.5. The Morgan fingerprint density at radius 3 is 2.53 bits per heavy atom. The van der Waals surface area contributed by atoms with Crippen LogP contribution < -0.4 is 5.32 Å². The lowest BCUT2D eigenvalue weighted by molar-refractivity contribution is -0.129. The molecule has 0 unspecified atom stereocenters. The third-order valence-corrected chi connectivity index (χ3v) is 6.12. The van der Waals surface area contributed by atoms with E-state index in [1.165, 1.54) is 0 Å². The van der Waals surface area contributed by atoms with E-state index in [-0.39, 0.29) is 18.4 Å². The molecule has 0 saturated carbocycles. The average Bonchev–Trinajstić information content (AvgIpc) is 3.48. The van der Waals surface area contributed by atoms with Gasteiger partial charge in [-0.05, 0) is 35.7 Å². The summed E-state index contributed by atoms with van der Waals surface area (Å²) in [5.74, 6) is -0.594. The lowest BCUT2D eigenvalue weighted by Crippen LogP contribution is -2.37. The smallest absolute Gasteiger partial charge is 0.253 e. The molecule has 1 N–H and O–H groups in total. The van der Waals surface area contributed by atoms with Crippen LogP contribution in [0.3, 0.4) is 0 Å². The van der Waals surface area contributed by atoms with Gasteiger partial charge in [-0.3, -0.25) is 9.59 Å². The number of carbonyl (C=O) groups excluding carboxylic acids is 2. The van der Waals surface area contributed by atoms with Gasteiger partial charge in [0.1, 0.15) is 5.69 Å². The molecule has 0 atom stereocenters. The standard InChI is InChI=1S/C24H21ClN4O2S/c1-28(22(30)14-26-24(31)19-10-5-6-11-20(19)25)15-17-16-29(18-8-3-2-4-9-18)27-23(17)21-12-7-13-32-21/h2-13,16H,14-15H2,1H3,(H,26,31). The number of nitrogens with zero attached hydrogens (tertiary/aromatic N) is 3. The van der Waals surface area contributed by atoms with Gasteiger partial charge in [0.2, 0.25) is 5.91 Å². The van der Waals surface area contributed by atoms with Crippen LogP contribution in [0.4, 0.5) is 0 Å². The van der Waals surface area contributed by atoms with Crippen molar-refractivity contribution in [3.63, 3.8) is 0 Å². The Labute approximate surface area is 195 Å². The summed E-state index contributed by atoms with van der Waals surface area (Å²) in [6.45, 7) is 0.239. The Balaban J connectivity index is 1.48. The van der Waals surface area contributed by atoms with Crippen molar-refractivity contribution in [2.24, 2.45) is 0 Å². The number of benzene rings is 2. The van der Waals surface area contributed by atoms with Crippen LogP contribution in [-0.4, -0.2) is 40.1 Å². The van der Waals surface area contributed by atoms with Crippen LogP contribution in [0.1, 0.15) is 15.9 Å². The average molecular weight is 465 g/mol. The summed E-state index contributed by atoms with van der Waals surface area (Å²) in [7, 11) is 1.71. The van der Waals surface area contributed by atoms with Gasteiger partial charge in [-0.25, -0.2) is 4.68 Å². The fraction of sp³-hybridized carbons (Fsp3) is 0.125. The molecule has 0 aliphatic rings. The van der Waals surface area contributed by atoms with Gasteiger partial charge < -0.3 is 10.2 Å². The first kappa shape index (κ1) is 21.8. The maximum absolute atomic E-state index is 12.7. The Bertz CT molecular complexity index is 1220. The predicted octanol–water partition coefficient (Wildman–Crippen LogP) is 4.64. The van der Waals surface area contributed by atoms with Crippen molar-refractivity contribution in [2.45, 2.75) is 6.54 Å². The number of hydrogen-bond acceptors (Lipinski definition) is 4. The fourth-order valence-electron chi connectivity index (χ4n) is 3.23. The van der Waals surface area contributed by atoms with Crippen LogP contribution in [0, 0.1) is 0 Å². The molecule has 8 heteroatoms. The summed E-state index contributed by atoms with van der Waals surface area (Å²) in [6.07, 6.45) is 1.94. The van der Waals surface area contributed by atoms with Crippen LogP contribution >= 0.6 is 22.9 Å². The second-order valence-electron chi connectivity index (χ2n) is 7.17. The number of nitrogens with one attached hydrogen (secondary N) is 1. The molecule has 0 fully saturated rings. The van der Waals surface area contributed by atoms with Crippen molar-refractivity contribution in [2.75, 3.05) is 13.6 Å². The SMILES string of the molecule is CN(Cc1cn(-c2ccccc2)nc1-c1cccs1)C(=O)CNC(=O)c1ccccc1Cl. The summed E-state index contributed by atoms with van der Waals surface area (Å²) >= 11 is 7.66. The van der Waals surface area contributed by atoms with E-state index in [1.54, 1.807) is 47.5 Å². The zero-order chi connectivity index (χ0) is 22.5. The van der Waals surface area contributed by atoms with Crippen molar-refractivity contribution in [1.29, 1.82) is 0 Å². The first-order valence-electron chi connectivity index (χ1n) is 9.97. The Morgan fingerprint density at radius 1 is 1.06 bits per heavy atom.